The molecule has 1 fully saturated rings. The molecule has 1 aliphatic rings. The predicted molar refractivity (Wildman–Crippen MR) is 97.7 cm³/mol. The minimum Gasteiger partial charge on any atom is -0.343 e. The fourth-order valence-electron chi connectivity index (χ4n) is 2.82. The molecule has 2 aromatic rings. The molecular weight excluding hydrogens is 351 g/mol. The number of amides is 3. The normalized spacial score (nSPS) is 16.3. The van der Waals surface area contributed by atoms with E-state index < -0.39 is 5.92 Å². The number of aromatic nitrogens is 1. The van der Waals surface area contributed by atoms with Gasteiger partial charge in [-0.3, -0.25) is 14.4 Å². The Bertz CT molecular complexity index is 866. The molecular formula is C19H19FN4O3. The highest BCUT2D eigenvalue weighted by molar-refractivity contribution is 6.03. The Morgan fingerprint density at radius 3 is 2.48 bits per heavy atom. The molecule has 0 saturated carbocycles. The number of rotatable bonds is 4. The van der Waals surface area contributed by atoms with Gasteiger partial charge in [-0.25, -0.2) is 9.37 Å². The standard InChI is InChI=1S/C19H19FN4O3/c1-23(2)19(27)16-8-5-14(10-21-16)22-18(26)12-9-17(25)24(11-12)15-6-3-13(20)4-7-15/h3-8,10,12H,9,11H2,1-2H3,(H,22,26). The molecule has 0 aliphatic carbocycles. The first kappa shape index (κ1) is 18.5. The fraction of sp³-hybridized carbons (Fsp3) is 0.263. The molecule has 3 amide bonds. The van der Waals surface area contributed by atoms with Gasteiger partial charge in [0, 0.05) is 32.7 Å². The summed E-state index contributed by atoms with van der Waals surface area (Å²) in [5.41, 5.74) is 1.28. The van der Waals surface area contributed by atoms with Gasteiger partial charge in [0.2, 0.25) is 11.8 Å². The van der Waals surface area contributed by atoms with Crippen molar-refractivity contribution in [2.75, 3.05) is 30.9 Å². The van der Waals surface area contributed by atoms with Crippen molar-refractivity contribution in [1.29, 1.82) is 0 Å². The van der Waals surface area contributed by atoms with Crippen molar-refractivity contribution in [3.8, 4) is 0 Å². The summed E-state index contributed by atoms with van der Waals surface area (Å²) in [4.78, 5) is 43.4. The summed E-state index contributed by atoms with van der Waals surface area (Å²) in [6.45, 7) is 0.223. The number of anilines is 2. The maximum absolute atomic E-state index is 13.0. The number of carbonyl (C=O) groups excluding carboxylic acids is 3. The first-order valence-electron chi connectivity index (χ1n) is 8.39. The Balaban J connectivity index is 1.64. The van der Waals surface area contributed by atoms with Gasteiger partial charge in [0.25, 0.3) is 5.91 Å². The number of hydrogen-bond donors (Lipinski definition) is 1. The van der Waals surface area contributed by atoms with E-state index in [0.717, 1.165) is 0 Å². The van der Waals surface area contributed by atoms with Gasteiger partial charge in [-0.05, 0) is 36.4 Å². The van der Waals surface area contributed by atoms with Gasteiger partial charge in [-0.2, -0.15) is 0 Å². The molecule has 0 radical (unpaired) electrons. The minimum absolute atomic E-state index is 0.0772. The van der Waals surface area contributed by atoms with Gasteiger partial charge in [0.1, 0.15) is 11.5 Å². The Morgan fingerprint density at radius 1 is 1.19 bits per heavy atom. The SMILES string of the molecule is CN(C)C(=O)c1ccc(NC(=O)C2CC(=O)N(c3ccc(F)cc3)C2)cn1. The highest BCUT2D eigenvalue weighted by Gasteiger charge is 2.35. The van der Waals surface area contributed by atoms with E-state index in [0.29, 0.717) is 11.4 Å². The number of benzene rings is 1. The summed E-state index contributed by atoms with van der Waals surface area (Å²) < 4.78 is 13.0. The number of hydrogen-bond acceptors (Lipinski definition) is 4. The van der Waals surface area contributed by atoms with Crippen molar-refractivity contribution >= 4 is 29.1 Å². The van der Waals surface area contributed by atoms with Crippen molar-refractivity contribution in [3.63, 3.8) is 0 Å². The summed E-state index contributed by atoms with van der Waals surface area (Å²) >= 11 is 0. The molecule has 1 N–H and O–H groups in total. The predicted octanol–water partition coefficient (Wildman–Crippen LogP) is 1.91. The van der Waals surface area contributed by atoms with E-state index in [9.17, 15) is 18.8 Å². The molecule has 1 aromatic heterocycles. The Labute approximate surface area is 155 Å². The maximum atomic E-state index is 13.0. The summed E-state index contributed by atoms with van der Waals surface area (Å²) in [6.07, 6.45) is 1.48. The molecule has 2 heterocycles. The van der Waals surface area contributed by atoms with E-state index in [1.807, 2.05) is 0 Å². The lowest BCUT2D eigenvalue weighted by Crippen LogP contribution is -2.28. The van der Waals surface area contributed by atoms with Gasteiger partial charge in [-0.1, -0.05) is 0 Å². The van der Waals surface area contributed by atoms with Crippen LogP contribution in [0.2, 0.25) is 0 Å². The van der Waals surface area contributed by atoms with Gasteiger partial charge >= 0.3 is 0 Å². The van der Waals surface area contributed by atoms with Gasteiger partial charge in [0.05, 0.1) is 17.8 Å². The second kappa shape index (κ2) is 7.53. The summed E-state index contributed by atoms with van der Waals surface area (Å²) in [5.74, 6) is -1.63. The lowest BCUT2D eigenvalue weighted by Gasteiger charge is -2.16. The largest absolute Gasteiger partial charge is 0.343 e. The van der Waals surface area contributed by atoms with Crippen LogP contribution < -0.4 is 10.2 Å². The fourth-order valence-corrected chi connectivity index (χ4v) is 2.82. The smallest absolute Gasteiger partial charge is 0.271 e. The van der Waals surface area contributed by atoms with Crippen LogP contribution in [0.5, 0.6) is 0 Å². The molecule has 3 rings (SSSR count). The molecule has 27 heavy (non-hydrogen) atoms. The quantitative estimate of drug-likeness (QED) is 0.891. The number of nitrogens with one attached hydrogen (secondary N) is 1. The summed E-state index contributed by atoms with van der Waals surface area (Å²) in [6, 6.07) is 8.70. The molecule has 7 nitrogen and oxygen atoms in total. The number of pyridine rings is 1. The van der Waals surface area contributed by atoms with E-state index in [-0.39, 0.29) is 42.2 Å². The van der Waals surface area contributed by atoms with Crippen LogP contribution in [0.1, 0.15) is 16.9 Å². The third kappa shape index (κ3) is 4.11. The topological polar surface area (TPSA) is 82.6 Å². The molecule has 8 heteroatoms. The Morgan fingerprint density at radius 2 is 1.89 bits per heavy atom. The van der Waals surface area contributed by atoms with E-state index in [2.05, 4.69) is 10.3 Å². The summed E-state index contributed by atoms with van der Waals surface area (Å²) in [5, 5.41) is 2.72. The number of halogens is 1. The first-order valence-corrected chi connectivity index (χ1v) is 8.39. The average Bonchev–Trinajstić information content (AvgIpc) is 3.04. The Kier molecular flexibility index (Phi) is 5.16. The van der Waals surface area contributed by atoms with E-state index in [4.69, 9.17) is 0 Å². The van der Waals surface area contributed by atoms with Crippen LogP contribution in [-0.2, 0) is 9.59 Å². The zero-order valence-electron chi connectivity index (χ0n) is 15.0. The zero-order chi connectivity index (χ0) is 19.6. The third-order valence-corrected chi connectivity index (χ3v) is 4.29. The molecule has 0 bridgehead atoms. The average molecular weight is 370 g/mol. The van der Waals surface area contributed by atoms with E-state index in [1.165, 1.54) is 46.3 Å². The minimum atomic E-state index is -0.523. The van der Waals surface area contributed by atoms with Crippen molar-refractivity contribution in [2.24, 2.45) is 5.92 Å². The highest BCUT2D eigenvalue weighted by Crippen LogP contribution is 2.26. The Hall–Kier alpha value is -3.29. The number of nitrogens with zero attached hydrogens (tertiary/aromatic N) is 3. The molecule has 1 aromatic carbocycles. The first-order chi connectivity index (χ1) is 12.8. The van der Waals surface area contributed by atoms with Crippen LogP contribution in [-0.4, -0.2) is 48.2 Å². The second-order valence-corrected chi connectivity index (χ2v) is 6.50. The van der Waals surface area contributed by atoms with E-state index in [1.54, 1.807) is 20.2 Å². The molecule has 1 saturated heterocycles. The molecule has 1 unspecified atom stereocenters. The van der Waals surface area contributed by atoms with Gasteiger partial charge in [-0.15, -0.1) is 0 Å². The van der Waals surface area contributed by atoms with Crippen molar-refractivity contribution in [3.05, 3.63) is 54.1 Å². The van der Waals surface area contributed by atoms with Crippen molar-refractivity contribution < 1.29 is 18.8 Å². The molecule has 1 atom stereocenters. The zero-order valence-corrected chi connectivity index (χ0v) is 15.0. The number of carbonyl (C=O) groups is 3. The van der Waals surface area contributed by atoms with Crippen molar-refractivity contribution in [1.82, 2.24) is 9.88 Å². The summed E-state index contributed by atoms with van der Waals surface area (Å²) in [7, 11) is 3.26. The second-order valence-electron chi connectivity index (χ2n) is 6.50. The van der Waals surface area contributed by atoms with Gasteiger partial charge in [0.15, 0.2) is 0 Å². The monoisotopic (exact) mass is 370 g/mol. The van der Waals surface area contributed by atoms with Crippen LogP contribution >= 0.6 is 0 Å². The van der Waals surface area contributed by atoms with Gasteiger partial charge < -0.3 is 15.1 Å². The van der Waals surface area contributed by atoms with Crippen LogP contribution in [0.25, 0.3) is 0 Å². The molecule has 0 spiro atoms. The van der Waals surface area contributed by atoms with Crippen molar-refractivity contribution in [2.45, 2.75) is 6.42 Å². The maximum Gasteiger partial charge on any atom is 0.271 e. The lowest BCUT2D eigenvalue weighted by molar-refractivity contribution is -0.122. The highest BCUT2D eigenvalue weighted by atomic mass is 19.1. The van der Waals surface area contributed by atoms with Crippen LogP contribution in [0.15, 0.2) is 42.6 Å². The van der Waals surface area contributed by atoms with Crippen LogP contribution in [0.3, 0.4) is 0 Å². The molecule has 1 aliphatic heterocycles. The van der Waals surface area contributed by atoms with E-state index >= 15 is 0 Å². The third-order valence-electron chi connectivity index (χ3n) is 4.29. The lowest BCUT2D eigenvalue weighted by atomic mass is 10.1. The van der Waals surface area contributed by atoms with Crippen LogP contribution in [0, 0.1) is 11.7 Å². The van der Waals surface area contributed by atoms with Crippen LogP contribution in [0.4, 0.5) is 15.8 Å². The molecule has 140 valence electrons.